The number of carbonyl (C=O) groups excluding carboxylic acids is 1. The molecule has 0 bridgehead atoms. The molecule has 0 saturated carbocycles. The number of methoxy groups -OCH3 is 1. The number of carbonyl (C=O) groups is 1. The summed E-state index contributed by atoms with van der Waals surface area (Å²) in [6.45, 7) is 7.60. The molecule has 2 heterocycles. The third-order valence-corrected chi connectivity index (χ3v) is 5.94. The minimum atomic E-state index is -0.497. The van der Waals surface area contributed by atoms with E-state index in [1.807, 2.05) is 27.8 Å². The van der Waals surface area contributed by atoms with Gasteiger partial charge in [-0.05, 0) is 68.0 Å². The quantitative estimate of drug-likeness (QED) is 0.592. The largest absolute Gasteiger partial charge is 0.444 e. The molecule has 1 atom stereocenters. The predicted molar refractivity (Wildman–Crippen MR) is 124 cm³/mol. The summed E-state index contributed by atoms with van der Waals surface area (Å²) in [5.74, 6) is 0.170. The lowest BCUT2D eigenvalue weighted by Crippen LogP contribution is -2.39. The molecule has 0 N–H and O–H groups in total. The van der Waals surface area contributed by atoms with Gasteiger partial charge in [0.2, 0.25) is 0 Å². The van der Waals surface area contributed by atoms with E-state index in [9.17, 15) is 4.79 Å². The Morgan fingerprint density at radius 3 is 2.62 bits per heavy atom. The predicted octanol–water partition coefficient (Wildman–Crippen LogP) is 4.43. The topological polar surface area (TPSA) is 69.5 Å². The molecule has 2 aromatic carbocycles. The number of ether oxygens (including phenoxy) is 2. The maximum atomic E-state index is 12.6. The van der Waals surface area contributed by atoms with E-state index >= 15 is 0 Å². The first-order valence-electron chi connectivity index (χ1n) is 11.1. The summed E-state index contributed by atoms with van der Waals surface area (Å²) < 4.78 is 12.8. The number of hydrogen-bond acceptors (Lipinski definition) is 5. The minimum Gasteiger partial charge on any atom is -0.444 e. The minimum absolute atomic E-state index is 0.170. The van der Waals surface area contributed by atoms with Crippen LogP contribution in [-0.4, -0.2) is 51.8 Å². The molecular weight excluding hydrogens is 404 g/mol. The molecule has 1 aliphatic rings. The van der Waals surface area contributed by atoms with Crippen LogP contribution in [0.25, 0.3) is 11.0 Å². The Morgan fingerprint density at radius 1 is 1.12 bits per heavy atom. The van der Waals surface area contributed by atoms with Crippen LogP contribution in [0.4, 0.5) is 4.79 Å². The Hall–Kier alpha value is -2.93. The molecule has 170 valence electrons. The molecule has 0 radical (unpaired) electrons. The number of fused-ring (bicyclic) bond motifs is 2. The van der Waals surface area contributed by atoms with Crippen molar-refractivity contribution >= 4 is 17.1 Å². The lowest BCUT2D eigenvalue weighted by Gasteiger charge is -2.32. The summed E-state index contributed by atoms with van der Waals surface area (Å²) >= 11 is 0. The van der Waals surface area contributed by atoms with Gasteiger partial charge in [-0.1, -0.05) is 29.5 Å². The van der Waals surface area contributed by atoms with Crippen molar-refractivity contribution in [3.8, 4) is 0 Å². The van der Waals surface area contributed by atoms with Gasteiger partial charge in [-0.25, -0.2) is 9.48 Å². The van der Waals surface area contributed by atoms with Gasteiger partial charge in [0.05, 0.1) is 5.52 Å². The SMILES string of the molecule is COCCC(c1ccc2c(c1)CN(C(=O)OC(C)(C)C)CC2)c1ccc2c(c1)nnn2C. The fourth-order valence-corrected chi connectivity index (χ4v) is 4.31. The van der Waals surface area contributed by atoms with Crippen LogP contribution in [0, 0.1) is 0 Å². The first kappa shape index (κ1) is 22.3. The first-order valence-corrected chi connectivity index (χ1v) is 11.1. The molecular formula is C25H32N4O3. The van der Waals surface area contributed by atoms with Crippen molar-refractivity contribution in [1.29, 1.82) is 0 Å². The molecule has 1 aliphatic heterocycles. The number of aryl methyl sites for hydroxylation is 1. The number of aromatic nitrogens is 3. The summed E-state index contributed by atoms with van der Waals surface area (Å²) in [4.78, 5) is 14.4. The van der Waals surface area contributed by atoms with Gasteiger partial charge >= 0.3 is 6.09 Å². The van der Waals surface area contributed by atoms with Gasteiger partial charge in [-0.3, -0.25) is 0 Å². The van der Waals surface area contributed by atoms with Crippen molar-refractivity contribution in [2.24, 2.45) is 7.05 Å². The van der Waals surface area contributed by atoms with Gasteiger partial charge < -0.3 is 14.4 Å². The molecule has 1 aromatic heterocycles. The summed E-state index contributed by atoms with van der Waals surface area (Å²) in [5.41, 5.74) is 6.29. The molecule has 3 aromatic rings. The number of nitrogens with zero attached hydrogens (tertiary/aromatic N) is 4. The van der Waals surface area contributed by atoms with E-state index in [-0.39, 0.29) is 12.0 Å². The Morgan fingerprint density at radius 2 is 1.88 bits per heavy atom. The second kappa shape index (κ2) is 8.90. The van der Waals surface area contributed by atoms with Gasteiger partial charge in [-0.2, -0.15) is 0 Å². The average molecular weight is 437 g/mol. The van der Waals surface area contributed by atoms with Crippen LogP contribution in [0.2, 0.25) is 0 Å². The molecule has 7 nitrogen and oxygen atoms in total. The van der Waals surface area contributed by atoms with Crippen LogP contribution < -0.4 is 0 Å². The highest BCUT2D eigenvalue weighted by Crippen LogP contribution is 2.32. The molecule has 0 spiro atoms. The monoisotopic (exact) mass is 436 g/mol. The highest BCUT2D eigenvalue weighted by Gasteiger charge is 2.26. The summed E-state index contributed by atoms with van der Waals surface area (Å²) in [5, 5.41) is 8.42. The van der Waals surface area contributed by atoms with Crippen LogP contribution in [0.5, 0.6) is 0 Å². The second-order valence-electron chi connectivity index (χ2n) is 9.48. The van der Waals surface area contributed by atoms with E-state index < -0.39 is 5.60 Å². The Kier molecular flexibility index (Phi) is 6.20. The van der Waals surface area contributed by atoms with Crippen molar-refractivity contribution in [2.45, 2.75) is 51.7 Å². The fraction of sp³-hybridized carbons (Fsp3) is 0.480. The van der Waals surface area contributed by atoms with E-state index in [1.54, 1.807) is 16.7 Å². The van der Waals surface area contributed by atoms with Crippen LogP contribution in [0.15, 0.2) is 36.4 Å². The second-order valence-corrected chi connectivity index (χ2v) is 9.48. The normalized spacial score (nSPS) is 15.0. The zero-order valence-corrected chi connectivity index (χ0v) is 19.6. The van der Waals surface area contributed by atoms with Crippen molar-refractivity contribution in [3.63, 3.8) is 0 Å². The van der Waals surface area contributed by atoms with Gasteiger partial charge in [-0.15, -0.1) is 5.10 Å². The smallest absolute Gasteiger partial charge is 0.410 e. The third-order valence-electron chi connectivity index (χ3n) is 5.94. The number of rotatable bonds is 5. The highest BCUT2D eigenvalue weighted by atomic mass is 16.6. The molecule has 7 heteroatoms. The van der Waals surface area contributed by atoms with Crippen molar-refractivity contribution in [3.05, 3.63) is 58.7 Å². The molecule has 0 saturated heterocycles. The van der Waals surface area contributed by atoms with Gasteiger partial charge in [0.25, 0.3) is 0 Å². The van der Waals surface area contributed by atoms with Crippen LogP contribution in [0.3, 0.4) is 0 Å². The zero-order valence-electron chi connectivity index (χ0n) is 19.6. The van der Waals surface area contributed by atoms with Gasteiger partial charge in [0, 0.05) is 39.8 Å². The summed E-state index contributed by atoms with van der Waals surface area (Å²) in [6.07, 6.45) is 1.44. The van der Waals surface area contributed by atoms with Crippen LogP contribution >= 0.6 is 0 Å². The first-order chi connectivity index (χ1) is 15.2. The van der Waals surface area contributed by atoms with E-state index in [4.69, 9.17) is 9.47 Å². The van der Waals surface area contributed by atoms with E-state index in [0.29, 0.717) is 19.7 Å². The standard InChI is InChI=1S/C25H32N4O3/c1-25(2,3)32-24(30)29-12-10-17-6-7-18(14-20(17)16-29)21(11-13-31-5)19-8-9-23-22(15-19)26-27-28(23)4/h6-9,14-15,21H,10-13,16H2,1-5H3. The maximum Gasteiger partial charge on any atom is 0.410 e. The summed E-state index contributed by atoms with van der Waals surface area (Å²) in [6, 6.07) is 13.0. The molecule has 0 aliphatic carbocycles. The molecule has 1 amide bonds. The highest BCUT2D eigenvalue weighted by molar-refractivity contribution is 5.75. The van der Waals surface area contributed by atoms with Gasteiger partial charge in [0.15, 0.2) is 0 Å². The van der Waals surface area contributed by atoms with Crippen molar-refractivity contribution in [1.82, 2.24) is 19.9 Å². The third kappa shape index (κ3) is 4.78. The van der Waals surface area contributed by atoms with Crippen molar-refractivity contribution < 1.29 is 14.3 Å². The number of benzene rings is 2. The average Bonchev–Trinajstić information content (AvgIpc) is 3.12. The molecule has 32 heavy (non-hydrogen) atoms. The Bertz CT molecular complexity index is 1120. The van der Waals surface area contributed by atoms with E-state index in [2.05, 4.69) is 46.7 Å². The molecule has 1 unspecified atom stereocenters. The number of amides is 1. The Labute approximate surface area is 189 Å². The maximum absolute atomic E-state index is 12.6. The zero-order chi connectivity index (χ0) is 22.9. The van der Waals surface area contributed by atoms with E-state index in [0.717, 1.165) is 23.9 Å². The summed E-state index contributed by atoms with van der Waals surface area (Å²) in [7, 11) is 3.63. The lowest BCUT2D eigenvalue weighted by molar-refractivity contribution is 0.0224. The van der Waals surface area contributed by atoms with Gasteiger partial charge in [0.1, 0.15) is 11.1 Å². The lowest BCUT2D eigenvalue weighted by atomic mass is 9.85. The van der Waals surface area contributed by atoms with Crippen molar-refractivity contribution in [2.75, 3.05) is 20.3 Å². The van der Waals surface area contributed by atoms with E-state index in [1.165, 1.54) is 22.3 Å². The van der Waals surface area contributed by atoms with Crippen LogP contribution in [0.1, 0.15) is 55.4 Å². The molecule has 4 rings (SSSR count). The molecule has 0 fully saturated rings. The number of hydrogen-bond donors (Lipinski definition) is 0. The Balaban J connectivity index is 1.63. The van der Waals surface area contributed by atoms with Crippen LogP contribution in [-0.2, 0) is 29.5 Å². The fourth-order valence-electron chi connectivity index (χ4n) is 4.31.